The zero-order chi connectivity index (χ0) is 20.2. The summed E-state index contributed by atoms with van der Waals surface area (Å²) < 4.78 is 7.10. The van der Waals surface area contributed by atoms with E-state index in [4.69, 9.17) is 4.74 Å². The van der Waals surface area contributed by atoms with Gasteiger partial charge in [-0.05, 0) is 17.7 Å². The lowest BCUT2D eigenvalue weighted by molar-refractivity contribution is -0.137. The van der Waals surface area contributed by atoms with Crippen LogP contribution in [-0.2, 0) is 16.1 Å². The highest BCUT2D eigenvalue weighted by Crippen LogP contribution is 2.26. The Labute approximate surface area is 169 Å². The minimum absolute atomic E-state index is 0.0459. The number of allylic oxidation sites excluding steroid dienone is 1. The quantitative estimate of drug-likeness (QED) is 0.595. The molecule has 0 saturated heterocycles. The van der Waals surface area contributed by atoms with Gasteiger partial charge in [0, 0.05) is 49.8 Å². The Morgan fingerprint density at radius 1 is 1.00 bits per heavy atom. The molecule has 5 heteroatoms. The Balaban J connectivity index is 1.53. The van der Waals surface area contributed by atoms with Gasteiger partial charge < -0.3 is 9.64 Å². The van der Waals surface area contributed by atoms with E-state index >= 15 is 0 Å². The van der Waals surface area contributed by atoms with Gasteiger partial charge in [0.2, 0.25) is 5.91 Å². The topological polar surface area (TPSA) is 51.5 Å². The molecule has 1 aliphatic heterocycles. The summed E-state index contributed by atoms with van der Waals surface area (Å²) in [7, 11) is 0. The maximum absolute atomic E-state index is 12.9. The van der Waals surface area contributed by atoms with Crippen molar-refractivity contribution in [3.05, 3.63) is 96.7 Å². The first-order valence-corrected chi connectivity index (χ1v) is 9.57. The van der Waals surface area contributed by atoms with Gasteiger partial charge >= 0.3 is 5.97 Å². The van der Waals surface area contributed by atoms with Crippen LogP contribution < -0.4 is 0 Å². The maximum Gasteiger partial charge on any atom is 0.307 e. The van der Waals surface area contributed by atoms with Crippen molar-refractivity contribution in [1.82, 2.24) is 9.47 Å². The summed E-state index contributed by atoms with van der Waals surface area (Å²) >= 11 is 0. The van der Waals surface area contributed by atoms with Gasteiger partial charge in [0.05, 0.1) is 5.52 Å². The molecule has 2 aromatic carbocycles. The number of fused-ring (bicyclic) bond motifs is 1. The number of rotatable bonds is 5. The second-order valence-corrected chi connectivity index (χ2v) is 7.07. The first-order valence-electron chi connectivity index (χ1n) is 9.57. The van der Waals surface area contributed by atoms with E-state index in [2.05, 4.69) is 0 Å². The molecule has 1 aliphatic rings. The standard InChI is InChI=1S/C24H22N2O3/c1-18(27)29-23-17-25(16-19-7-3-2-4-8-19)13-11-21(23)15-24(28)26-14-12-20-9-5-6-10-22(20)26/h2-14,17,21H,15-16H2,1H3. The van der Waals surface area contributed by atoms with Crippen LogP contribution in [0.5, 0.6) is 0 Å². The highest BCUT2D eigenvalue weighted by atomic mass is 16.5. The number of esters is 1. The highest BCUT2D eigenvalue weighted by Gasteiger charge is 2.24. The second kappa shape index (κ2) is 8.19. The average molecular weight is 386 g/mol. The Hall–Kier alpha value is -3.60. The molecule has 1 unspecified atom stereocenters. The summed E-state index contributed by atoms with van der Waals surface area (Å²) in [5.74, 6) is -0.245. The van der Waals surface area contributed by atoms with Gasteiger partial charge in [-0.3, -0.25) is 14.2 Å². The Morgan fingerprint density at radius 3 is 2.55 bits per heavy atom. The minimum atomic E-state index is -0.393. The third kappa shape index (κ3) is 4.29. The third-order valence-corrected chi connectivity index (χ3v) is 4.90. The van der Waals surface area contributed by atoms with Crippen molar-refractivity contribution in [1.29, 1.82) is 0 Å². The molecule has 3 aromatic rings. The fourth-order valence-electron chi connectivity index (χ4n) is 3.53. The number of benzene rings is 2. The molecule has 1 aromatic heterocycles. The number of hydrogen-bond acceptors (Lipinski definition) is 4. The zero-order valence-corrected chi connectivity index (χ0v) is 16.2. The van der Waals surface area contributed by atoms with E-state index in [1.807, 2.05) is 77.8 Å². The first-order chi connectivity index (χ1) is 14.1. The van der Waals surface area contributed by atoms with Gasteiger partial charge in [0.25, 0.3) is 0 Å². The normalized spacial score (nSPS) is 16.0. The van der Waals surface area contributed by atoms with E-state index in [1.165, 1.54) is 6.92 Å². The summed E-state index contributed by atoms with van der Waals surface area (Å²) in [5.41, 5.74) is 2.02. The molecule has 0 bridgehead atoms. The molecule has 5 nitrogen and oxygen atoms in total. The van der Waals surface area contributed by atoms with Gasteiger partial charge in [0.15, 0.2) is 0 Å². The van der Waals surface area contributed by atoms with Crippen molar-refractivity contribution in [3.63, 3.8) is 0 Å². The lowest BCUT2D eigenvalue weighted by Crippen LogP contribution is -2.23. The lowest BCUT2D eigenvalue weighted by atomic mass is 10.0. The van der Waals surface area contributed by atoms with Crippen LogP contribution in [0.15, 0.2) is 91.1 Å². The molecular weight excluding hydrogens is 364 g/mol. The summed E-state index contributed by atoms with van der Waals surface area (Å²) in [5, 5.41) is 1.02. The number of hydrogen-bond donors (Lipinski definition) is 0. The predicted octanol–water partition coefficient (Wildman–Crippen LogP) is 4.72. The number of aromatic nitrogens is 1. The number of para-hydroxylation sites is 1. The van der Waals surface area contributed by atoms with Crippen molar-refractivity contribution >= 4 is 22.8 Å². The zero-order valence-electron chi connectivity index (χ0n) is 16.2. The Morgan fingerprint density at radius 2 is 1.76 bits per heavy atom. The fraction of sp³-hybridized carbons (Fsp3) is 0.167. The monoisotopic (exact) mass is 386 g/mol. The summed E-state index contributed by atoms with van der Waals surface area (Å²) in [6.07, 6.45) is 7.67. The molecule has 0 amide bonds. The molecule has 0 aliphatic carbocycles. The molecule has 0 saturated carbocycles. The molecule has 146 valence electrons. The molecular formula is C24H22N2O3. The molecule has 1 atom stereocenters. The molecule has 0 spiro atoms. The first kappa shape index (κ1) is 18.7. The number of carbonyl (C=O) groups is 2. The predicted molar refractivity (Wildman–Crippen MR) is 112 cm³/mol. The maximum atomic E-state index is 12.9. The van der Waals surface area contributed by atoms with E-state index < -0.39 is 5.97 Å². The second-order valence-electron chi connectivity index (χ2n) is 7.07. The average Bonchev–Trinajstić information content (AvgIpc) is 3.14. The molecule has 4 rings (SSSR count). The van der Waals surface area contributed by atoms with Crippen LogP contribution in [-0.4, -0.2) is 21.3 Å². The van der Waals surface area contributed by atoms with E-state index in [9.17, 15) is 9.59 Å². The van der Waals surface area contributed by atoms with E-state index in [0.29, 0.717) is 12.3 Å². The number of nitrogens with zero attached hydrogens (tertiary/aromatic N) is 2. The largest absolute Gasteiger partial charge is 0.429 e. The van der Waals surface area contributed by atoms with Crippen molar-refractivity contribution in [2.24, 2.45) is 5.92 Å². The highest BCUT2D eigenvalue weighted by molar-refractivity contribution is 5.92. The van der Waals surface area contributed by atoms with Crippen molar-refractivity contribution in [2.45, 2.75) is 19.9 Å². The van der Waals surface area contributed by atoms with Gasteiger partial charge in [-0.1, -0.05) is 54.6 Å². The van der Waals surface area contributed by atoms with E-state index in [1.54, 1.807) is 17.0 Å². The molecule has 2 heterocycles. The molecule has 0 radical (unpaired) electrons. The Bertz CT molecular complexity index is 1100. The minimum Gasteiger partial charge on any atom is -0.429 e. The van der Waals surface area contributed by atoms with Gasteiger partial charge in [-0.25, -0.2) is 0 Å². The van der Waals surface area contributed by atoms with Crippen LogP contribution in [0, 0.1) is 5.92 Å². The SMILES string of the molecule is CC(=O)OC1=CN(Cc2ccccc2)C=CC1CC(=O)n1ccc2ccccc21. The third-order valence-electron chi connectivity index (χ3n) is 4.90. The number of carbonyl (C=O) groups excluding carboxylic acids is 2. The summed E-state index contributed by atoms with van der Waals surface area (Å²) in [6.45, 7) is 2.03. The van der Waals surface area contributed by atoms with Gasteiger partial charge in [0.1, 0.15) is 5.76 Å². The van der Waals surface area contributed by atoms with Crippen molar-refractivity contribution in [2.75, 3.05) is 0 Å². The molecule has 0 N–H and O–H groups in total. The Kier molecular flexibility index (Phi) is 5.29. The molecule has 0 fully saturated rings. The lowest BCUT2D eigenvalue weighted by Gasteiger charge is -2.26. The van der Waals surface area contributed by atoms with Crippen molar-refractivity contribution < 1.29 is 14.3 Å². The van der Waals surface area contributed by atoms with Crippen LogP contribution in [0.25, 0.3) is 10.9 Å². The summed E-state index contributed by atoms with van der Waals surface area (Å²) in [6, 6.07) is 19.7. The van der Waals surface area contributed by atoms with E-state index in [-0.39, 0.29) is 18.2 Å². The van der Waals surface area contributed by atoms with Crippen LogP contribution in [0.3, 0.4) is 0 Å². The van der Waals surface area contributed by atoms with E-state index in [0.717, 1.165) is 16.5 Å². The van der Waals surface area contributed by atoms with Crippen LogP contribution in [0.2, 0.25) is 0 Å². The van der Waals surface area contributed by atoms with Crippen LogP contribution in [0.4, 0.5) is 0 Å². The van der Waals surface area contributed by atoms with Crippen molar-refractivity contribution in [3.8, 4) is 0 Å². The summed E-state index contributed by atoms with van der Waals surface area (Å²) in [4.78, 5) is 26.5. The molecule has 29 heavy (non-hydrogen) atoms. The van der Waals surface area contributed by atoms with Gasteiger partial charge in [-0.15, -0.1) is 0 Å². The van der Waals surface area contributed by atoms with Crippen LogP contribution in [0.1, 0.15) is 23.7 Å². The van der Waals surface area contributed by atoms with Gasteiger partial charge in [-0.2, -0.15) is 0 Å². The smallest absolute Gasteiger partial charge is 0.307 e. The van der Waals surface area contributed by atoms with Crippen LogP contribution >= 0.6 is 0 Å². The fourth-order valence-corrected chi connectivity index (χ4v) is 3.53. The number of ether oxygens (including phenoxy) is 1.